The average Bonchev–Trinajstić information content (AvgIpc) is 3.01. The Morgan fingerprint density at radius 1 is 0.969 bits per heavy atom. The molecule has 12 atom stereocenters. The Morgan fingerprint density at radius 2 is 1.66 bits per heavy atom. The van der Waals surface area contributed by atoms with Crippen LogP contribution in [0.1, 0.15) is 92.4 Å². The first-order valence-corrected chi connectivity index (χ1v) is 13.2. The van der Waals surface area contributed by atoms with Gasteiger partial charge in [-0.2, -0.15) is 0 Å². The van der Waals surface area contributed by atoms with E-state index in [0.29, 0.717) is 36.5 Å². The quantitative estimate of drug-likeness (QED) is 0.440. The van der Waals surface area contributed by atoms with Crippen LogP contribution in [0.15, 0.2) is 0 Å². The molecular formula is C27H48O5. The minimum Gasteiger partial charge on any atom is -0.393 e. The molecule has 0 aliphatic heterocycles. The second kappa shape index (κ2) is 8.48. The van der Waals surface area contributed by atoms with Crippen LogP contribution in [0.3, 0.4) is 0 Å². The van der Waals surface area contributed by atoms with Crippen molar-refractivity contribution in [3.8, 4) is 0 Å². The zero-order valence-electron chi connectivity index (χ0n) is 20.9. The summed E-state index contributed by atoms with van der Waals surface area (Å²) in [6, 6.07) is 0. The van der Waals surface area contributed by atoms with Crippen LogP contribution >= 0.6 is 0 Å². The highest BCUT2D eigenvalue weighted by Crippen LogP contribution is 2.68. The Bertz CT molecular complexity index is 675. The van der Waals surface area contributed by atoms with Gasteiger partial charge in [0, 0.05) is 6.42 Å². The molecule has 4 aliphatic carbocycles. The molecule has 0 aromatic heterocycles. The van der Waals surface area contributed by atoms with Crippen molar-refractivity contribution in [3.05, 3.63) is 0 Å². The summed E-state index contributed by atoms with van der Waals surface area (Å²) in [5.41, 5.74) is -1.03. The highest BCUT2D eigenvalue weighted by atomic mass is 16.3. The van der Waals surface area contributed by atoms with Crippen molar-refractivity contribution >= 4 is 0 Å². The molecule has 0 aromatic rings. The Labute approximate surface area is 194 Å². The third-order valence-corrected chi connectivity index (χ3v) is 10.9. The molecule has 186 valence electrons. The van der Waals surface area contributed by atoms with Gasteiger partial charge in [0.25, 0.3) is 0 Å². The normalized spacial score (nSPS) is 50.8. The van der Waals surface area contributed by atoms with E-state index in [1.54, 1.807) is 13.8 Å². The van der Waals surface area contributed by atoms with Gasteiger partial charge in [0.05, 0.1) is 30.0 Å². The molecule has 0 bridgehead atoms. The van der Waals surface area contributed by atoms with Gasteiger partial charge >= 0.3 is 0 Å². The van der Waals surface area contributed by atoms with Crippen molar-refractivity contribution < 1.29 is 25.5 Å². The van der Waals surface area contributed by atoms with Crippen LogP contribution < -0.4 is 0 Å². The molecule has 1 unspecified atom stereocenters. The molecule has 32 heavy (non-hydrogen) atoms. The van der Waals surface area contributed by atoms with Crippen molar-refractivity contribution in [2.75, 3.05) is 0 Å². The van der Waals surface area contributed by atoms with Crippen LogP contribution in [0.25, 0.3) is 0 Å². The van der Waals surface area contributed by atoms with Crippen molar-refractivity contribution in [2.24, 2.45) is 46.3 Å². The van der Waals surface area contributed by atoms with Gasteiger partial charge in [0.15, 0.2) is 0 Å². The van der Waals surface area contributed by atoms with Crippen LogP contribution in [0.5, 0.6) is 0 Å². The maximum atomic E-state index is 11.6. The van der Waals surface area contributed by atoms with Crippen LogP contribution in [-0.4, -0.2) is 55.5 Å². The fraction of sp³-hybridized carbons (Fsp3) is 1.00. The van der Waals surface area contributed by atoms with Gasteiger partial charge in [-0.25, -0.2) is 0 Å². The van der Waals surface area contributed by atoms with E-state index in [4.69, 9.17) is 0 Å². The molecule has 4 fully saturated rings. The second-order valence-electron chi connectivity index (χ2n) is 13.4. The lowest BCUT2D eigenvalue weighted by atomic mass is 9.43. The molecule has 5 heteroatoms. The molecule has 0 saturated heterocycles. The standard InChI is InChI=1S/C27H48O5/c1-15(10-18(29)14-25(2,3)32)19-6-7-20-24-21(13-23(31)27(19,20)5)26(4)9-8-17(28)11-16(26)12-22(24)30/h15-24,28-32H,6-14H2,1-5H3/t15-,16-,17-,18?,19-,20+,21+,22-,23+,24+,26+,27-/m1/s1. The second-order valence-corrected chi connectivity index (χ2v) is 13.4. The summed E-state index contributed by atoms with van der Waals surface area (Å²) in [4.78, 5) is 0. The third kappa shape index (κ3) is 4.08. The summed E-state index contributed by atoms with van der Waals surface area (Å²) in [6.07, 6.45) is 5.66. The van der Waals surface area contributed by atoms with Crippen LogP contribution in [0, 0.1) is 46.3 Å². The third-order valence-electron chi connectivity index (χ3n) is 10.9. The molecule has 0 radical (unpaired) electrons. The van der Waals surface area contributed by atoms with Crippen LogP contribution in [0.4, 0.5) is 0 Å². The first kappa shape index (κ1) is 24.9. The first-order chi connectivity index (χ1) is 14.8. The van der Waals surface area contributed by atoms with Gasteiger partial charge in [0.1, 0.15) is 0 Å². The van der Waals surface area contributed by atoms with Crippen LogP contribution in [-0.2, 0) is 0 Å². The van der Waals surface area contributed by atoms with Gasteiger partial charge in [-0.1, -0.05) is 20.8 Å². The Balaban J connectivity index is 1.55. The van der Waals surface area contributed by atoms with E-state index in [9.17, 15) is 25.5 Å². The molecule has 0 spiro atoms. The maximum absolute atomic E-state index is 11.6. The number of hydrogen-bond donors (Lipinski definition) is 5. The molecule has 4 rings (SSSR count). The summed E-state index contributed by atoms with van der Waals surface area (Å²) in [6.45, 7) is 10.3. The molecular weight excluding hydrogens is 404 g/mol. The minimum absolute atomic E-state index is 0.0953. The van der Waals surface area contributed by atoms with Gasteiger partial charge in [-0.3, -0.25) is 0 Å². The van der Waals surface area contributed by atoms with Crippen molar-refractivity contribution in [3.63, 3.8) is 0 Å². The van der Waals surface area contributed by atoms with E-state index in [0.717, 1.165) is 44.9 Å². The molecule has 4 aliphatic rings. The lowest BCUT2D eigenvalue weighted by molar-refractivity contribution is -0.207. The van der Waals surface area contributed by atoms with E-state index < -0.39 is 17.8 Å². The summed E-state index contributed by atoms with van der Waals surface area (Å²) in [5.74, 6) is 1.74. The predicted octanol–water partition coefficient (Wildman–Crippen LogP) is 3.50. The molecule has 4 saturated carbocycles. The summed E-state index contributed by atoms with van der Waals surface area (Å²) >= 11 is 0. The van der Waals surface area contributed by atoms with Crippen molar-refractivity contribution in [1.29, 1.82) is 0 Å². The zero-order chi connectivity index (χ0) is 23.6. The molecule has 5 nitrogen and oxygen atoms in total. The number of rotatable bonds is 5. The molecule has 5 N–H and O–H groups in total. The Morgan fingerprint density at radius 3 is 2.31 bits per heavy atom. The van der Waals surface area contributed by atoms with Crippen molar-refractivity contribution in [2.45, 2.75) is 122 Å². The SMILES string of the molecule is C[C@H](CC(O)CC(C)(C)O)[C@H]1CC[C@H]2[C@@H]3[C@H](O)C[C@H]4C[C@H](O)CC[C@]4(C)[C@H]3C[C@H](O)[C@]12C. The van der Waals surface area contributed by atoms with Gasteiger partial charge in [-0.15, -0.1) is 0 Å². The maximum Gasteiger partial charge on any atom is 0.0616 e. The van der Waals surface area contributed by atoms with E-state index in [1.165, 1.54) is 0 Å². The zero-order valence-corrected chi connectivity index (χ0v) is 20.9. The summed E-state index contributed by atoms with van der Waals surface area (Å²) in [5, 5.41) is 53.9. The number of fused-ring (bicyclic) bond motifs is 5. The van der Waals surface area contributed by atoms with E-state index in [1.807, 2.05) is 0 Å². The minimum atomic E-state index is -0.884. The average molecular weight is 453 g/mol. The molecule has 0 amide bonds. The van der Waals surface area contributed by atoms with E-state index in [2.05, 4.69) is 20.8 Å². The summed E-state index contributed by atoms with van der Waals surface area (Å²) in [7, 11) is 0. The first-order valence-electron chi connectivity index (χ1n) is 13.2. The number of hydrogen-bond acceptors (Lipinski definition) is 5. The van der Waals surface area contributed by atoms with Gasteiger partial charge in [0.2, 0.25) is 0 Å². The smallest absolute Gasteiger partial charge is 0.0616 e. The highest BCUT2D eigenvalue weighted by molar-refractivity contribution is 5.14. The van der Waals surface area contributed by atoms with E-state index >= 15 is 0 Å². The van der Waals surface area contributed by atoms with Gasteiger partial charge < -0.3 is 25.5 Å². The van der Waals surface area contributed by atoms with E-state index in [-0.39, 0.29) is 34.9 Å². The largest absolute Gasteiger partial charge is 0.393 e. The Kier molecular flexibility index (Phi) is 6.60. The topological polar surface area (TPSA) is 101 Å². The number of aliphatic hydroxyl groups excluding tert-OH is 4. The molecule has 0 heterocycles. The highest BCUT2D eigenvalue weighted by Gasteiger charge is 2.65. The summed E-state index contributed by atoms with van der Waals surface area (Å²) < 4.78 is 0. The number of aliphatic hydroxyl groups is 5. The Hall–Kier alpha value is -0.200. The lowest BCUT2D eigenvalue weighted by Gasteiger charge is -2.63. The van der Waals surface area contributed by atoms with Crippen LogP contribution in [0.2, 0.25) is 0 Å². The lowest BCUT2D eigenvalue weighted by Crippen LogP contribution is -2.62. The fourth-order valence-electron chi connectivity index (χ4n) is 9.39. The molecule has 0 aromatic carbocycles. The predicted molar refractivity (Wildman–Crippen MR) is 125 cm³/mol. The monoisotopic (exact) mass is 452 g/mol. The fourth-order valence-corrected chi connectivity index (χ4v) is 9.39. The van der Waals surface area contributed by atoms with Crippen molar-refractivity contribution in [1.82, 2.24) is 0 Å². The van der Waals surface area contributed by atoms with Gasteiger partial charge in [-0.05, 0) is 112 Å².